The quantitative estimate of drug-likeness (QED) is 0.820. The first-order valence-corrected chi connectivity index (χ1v) is 7.38. The summed E-state index contributed by atoms with van der Waals surface area (Å²) in [5.74, 6) is -6.79. The lowest BCUT2D eigenvalue weighted by Gasteiger charge is -2.19. The van der Waals surface area contributed by atoms with Gasteiger partial charge in [-0.2, -0.15) is 0 Å². The van der Waals surface area contributed by atoms with Crippen LogP contribution in [-0.2, 0) is 4.74 Å². The summed E-state index contributed by atoms with van der Waals surface area (Å²) in [5.41, 5.74) is -2.19. The normalized spacial score (nSPS) is 19.8. The minimum atomic E-state index is -1.74. The van der Waals surface area contributed by atoms with Gasteiger partial charge < -0.3 is 15.2 Å². The van der Waals surface area contributed by atoms with Crippen LogP contribution in [0.15, 0.2) is 6.07 Å². The Bertz CT molecular complexity index is 685. The highest BCUT2D eigenvalue weighted by molar-refractivity contribution is 5.88. The summed E-state index contributed by atoms with van der Waals surface area (Å²) in [6.45, 7) is 5.22. The summed E-state index contributed by atoms with van der Waals surface area (Å²) in [6.07, 6.45) is -0.295. The fourth-order valence-electron chi connectivity index (χ4n) is 2.46. The van der Waals surface area contributed by atoms with Crippen LogP contribution in [0.25, 0.3) is 0 Å². The zero-order valence-corrected chi connectivity index (χ0v) is 13.5. The van der Waals surface area contributed by atoms with Gasteiger partial charge in [-0.3, -0.25) is 0 Å². The third kappa shape index (κ3) is 3.98. The van der Waals surface area contributed by atoms with E-state index in [0.29, 0.717) is 12.5 Å². The smallest absolute Gasteiger partial charge is 0.407 e. The van der Waals surface area contributed by atoms with Crippen molar-refractivity contribution in [2.75, 3.05) is 6.54 Å². The van der Waals surface area contributed by atoms with E-state index in [-0.39, 0.29) is 12.5 Å². The standard InChI is InChI=1S/C16H18F3NO4/c1-16(2,3)24-15(23)20-6-7-4-8(7)11-10(17)5-9(14(21)22)12(18)13(11)19/h5,7-8H,4,6H2,1-3H3,(H,20,23)(H,21,22). The fourth-order valence-corrected chi connectivity index (χ4v) is 2.46. The van der Waals surface area contributed by atoms with Crippen LogP contribution in [0.3, 0.4) is 0 Å². The second-order valence-electron chi connectivity index (χ2n) is 6.74. The number of carboxylic acid groups (broad SMARTS) is 1. The molecule has 1 fully saturated rings. The summed E-state index contributed by atoms with van der Waals surface area (Å²) in [4.78, 5) is 22.3. The summed E-state index contributed by atoms with van der Waals surface area (Å²) < 4.78 is 46.7. The van der Waals surface area contributed by atoms with Gasteiger partial charge in [0.25, 0.3) is 0 Å². The Morgan fingerprint density at radius 3 is 2.46 bits per heavy atom. The maximum absolute atomic E-state index is 14.0. The number of amides is 1. The average molecular weight is 345 g/mol. The number of carboxylic acids is 1. The largest absolute Gasteiger partial charge is 0.478 e. The van der Waals surface area contributed by atoms with Gasteiger partial charge in [0.05, 0.1) is 0 Å². The van der Waals surface area contributed by atoms with Crippen molar-refractivity contribution >= 4 is 12.1 Å². The number of carbonyl (C=O) groups is 2. The molecule has 2 atom stereocenters. The molecule has 24 heavy (non-hydrogen) atoms. The van der Waals surface area contributed by atoms with Crippen molar-refractivity contribution in [1.82, 2.24) is 5.32 Å². The van der Waals surface area contributed by atoms with Crippen molar-refractivity contribution in [1.29, 1.82) is 0 Å². The van der Waals surface area contributed by atoms with E-state index in [4.69, 9.17) is 9.84 Å². The second kappa shape index (κ2) is 6.33. The van der Waals surface area contributed by atoms with Crippen molar-refractivity contribution in [3.05, 3.63) is 34.6 Å². The van der Waals surface area contributed by atoms with Gasteiger partial charge in [0.15, 0.2) is 11.6 Å². The van der Waals surface area contributed by atoms with Crippen LogP contribution in [-0.4, -0.2) is 29.3 Å². The highest BCUT2D eigenvalue weighted by Crippen LogP contribution is 2.49. The summed E-state index contributed by atoms with van der Waals surface area (Å²) in [6, 6.07) is 0.479. The van der Waals surface area contributed by atoms with Crippen LogP contribution in [0.4, 0.5) is 18.0 Å². The molecule has 1 aromatic carbocycles. The lowest BCUT2D eigenvalue weighted by Crippen LogP contribution is -2.33. The SMILES string of the molecule is CC(C)(C)OC(=O)NCC1CC1c1c(F)cc(C(=O)O)c(F)c1F. The molecule has 0 bridgehead atoms. The molecule has 2 rings (SSSR count). The summed E-state index contributed by atoms with van der Waals surface area (Å²) in [5, 5.41) is 11.2. The van der Waals surface area contributed by atoms with Crippen molar-refractivity contribution in [2.45, 2.75) is 38.7 Å². The van der Waals surface area contributed by atoms with Gasteiger partial charge in [0.2, 0.25) is 0 Å². The lowest BCUT2D eigenvalue weighted by atomic mass is 10.0. The van der Waals surface area contributed by atoms with Crippen LogP contribution in [0.5, 0.6) is 0 Å². The predicted octanol–water partition coefficient (Wildman–Crippen LogP) is 3.43. The van der Waals surface area contributed by atoms with Crippen molar-refractivity contribution in [3.63, 3.8) is 0 Å². The molecular weight excluding hydrogens is 327 g/mol. The van der Waals surface area contributed by atoms with E-state index in [9.17, 15) is 22.8 Å². The first-order valence-electron chi connectivity index (χ1n) is 7.38. The Kier molecular flexibility index (Phi) is 4.77. The molecule has 1 aromatic rings. The van der Waals surface area contributed by atoms with Crippen LogP contribution < -0.4 is 5.32 Å². The maximum Gasteiger partial charge on any atom is 0.407 e. The van der Waals surface area contributed by atoms with Crippen molar-refractivity contribution in [3.8, 4) is 0 Å². The Hall–Kier alpha value is -2.25. The summed E-state index contributed by atoms with van der Waals surface area (Å²) >= 11 is 0. The number of halogens is 3. The average Bonchev–Trinajstić information content (AvgIpc) is 3.18. The molecule has 0 aromatic heterocycles. The van der Waals surface area contributed by atoms with Gasteiger partial charge in [-0.15, -0.1) is 0 Å². The Morgan fingerprint density at radius 1 is 1.29 bits per heavy atom. The molecule has 0 saturated heterocycles. The van der Waals surface area contributed by atoms with Gasteiger partial charge in [-0.05, 0) is 45.1 Å². The second-order valence-corrected chi connectivity index (χ2v) is 6.74. The molecule has 1 aliphatic rings. The number of nitrogens with one attached hydrogen (secondary N) is 1. The number of carbonyl (C=O) groups excluding carboxylic acids is 1. The maximum atomic E-state index is 14.0. The molecule has 1 saturated carbocycles. The number of hydrogen-bond acceptors (Lipinski definition) is 3. The monoisotopic (exact) mass is 345 g/mol. The third-order valence-corrected chi connectivity index (χ3v) is 3.63. The van der Waals surface area contributed by atoms with E-state index in [1.165, 1.54) is 0 Å². The van der Waals surface area contributed by atoms with Crippen LogP contribution in [0.1, 0.15) is 49.0 Å². The molecule has 5 nitrogen and oxygen atoms in total. The number of aromatic carboxylic acids is 1. The Balaban J connectivity index is 2.04. The Labute approximate surface area is 136 Å². The fraction of sp³-hybridized carbons (Fsp3) is 0.500. The Morgan fingerprint density at radius 2 is 1.92 bits per heavy atom. The van der Waals surface area contributed by atoms with E-state index in [2.05, 4.69) is 5.32 Å². The summed E-state index contributed by atoms with van der Waals surface area (Å²) in [7, 11) is 0. The minimum Gasteiger partial charge on any atom is -0.478 e. The molecule has 1 aliphatic carbocycles. The molecule has 2 unspecified atom stereocenters. The lowest BCUT2D eigenvalue weighted by molar-refractivity contribution is 0.0524. The van der Waals surface area contributed by atoms with E-state index < -0.39 is 52.2 Å². The van der Waals surface area contributed by atoms with Gasteiger partial charge >= 0.3 is 12.1 Å². The highest BCUT2D eigenvalue weighted by Gasteiger charge is 2.43. The van der Waals surface area contributed by atoms with Crippen LogP contribution >= 0.6 is 0 Å². The topological polar surface area (TPSA) is 75.6 Å². The zero-order chi connectivity index (χ0) is 18.2. The van der Waals surface area contributed by atoms with Gasteiger partial charge in [-0.1, -0.05) is 0 Å². The van der Waals surface area contributed by atoms with Crippen molar-refractivity contribution in [2.24, 2.45) is 5.92 Å². The van der Waals surface area contributed by atoms with Gasteiger partial charge in [0.1, 0.15) is 17.0 Å². The molecule has 8 heteroatoms. The van der Waals surface area contributed by atoms with Crippen LogP contribution in [0, 0.1) is 23.4 Å². The molecule has 132 valence electrons. The molecule has 0 heterocycles. The van der Waals surface area contributed by atoms with Gasteiger partial charge in [0, 0.05) is 12.1 Å². The van der Waals surface area contributed by atoms with Crippen LogP contribution in [0.2, 0.25) is 0 Å². The number of rotatable bonds is 4. The van der Waals surface area contributed by atoms with E-state index in [1.807, 2.05) is 0 Å². The third-order valence-electron chi connectivity index (χ3n) is 3.63. The van der Waals surface area contributed by atoms with Crippen molar-refractivity contribution < 1.29 is 32.6 Å². The highest BCUT2D eigenvalue weighted by atomic mass is 19.2. The minimum absolute atomic E-state index is 0.126. The van der Waals surface area contributed by atoms with Gasteiger partial charge in [-0.25, -0.2) is 22.8 Å². The number of alkyl carbamates (subject to hydrolysis) is 1. The zero-order valence-electron chi connectivity index (χ0n) is 13.5. The number of ether oxygens (including phenoxy) is 1. The number of hydrogen-bond donors (Lipinski definition) is 2. The first kappa shape index (κ1) is 18.1. The molecule has 0 aliphatic heterocycles. The van der Waals surface area contributed by atoms with E-state index in [1.54, 1.807) is 20.8 Å². The molecule has 0 spiro atoms. The molecule has 2 N–H and O–H groups in total. The first-order chi connectivity index (χ1) is 11.0. The van der Waals surface area contributed by atoms with E-state index in [0.717, 1.165) is 0 Å². The number of benzene rings is 1. The molecular formula is C16H18F3NO4. The predicted molar refractivity (Wildman–Crippen MR) is 78.4 cm³/mol. The molecule has 1 amide bonds. The molecule has 0 radical (unpaired) electrons. The van der Waals surface area contributed by atoms with E-state index >= 15 is 0 Å².